The minimum atomic E-state index is -3.64. The van der Waals surface area contributed by atoms with Crippen molar-refractivity contribution in [2.24, 2.45) is 0 Å². The molecule has 1 aliphatic rings. The Kier molecular flexibility index (Phi) is 1.50. The molecule has 1 saturated heterocycles. The Morgan fingerprint density at radius 1 is 1.11 bits per heavy atom. The highest BCUT2D eigenvalue weighted by atomic mass is 32.3. The lowest BCUT2D eigenvalue weighted by Gasteiger charge is -1.98. The molecule has 4 nitrogen and oxygen atoms in total. The van der Waals surface area contributed by atoms with Crippen LogP contribution in [-0.2, 0) is 18.8 Å². The fourth-order valence-electron chi connectivity index (χ4n) is 0.551. The van der Waals surface area contributed by atoms with E-state index in [1.165, 1.54) is 0 Å². The smallest absolute Gasteiger partial charge is 0.242 e. The molecular weight excluding hydrogens is 144 g/mol. The number of hydrogen-bond donors (Lipinski definition) is 0. The quantitative estimate of drug-likeness (QED) is 0.492. The van der Waals surface area contributed by atoms with Crippen molar-refractivity contribution < 1.29 is 16.8 Å². The monoisotopic (exact) mass is 152 g/mol. The second kappa shape index (κ2) is 1.93. The van der Waals surface area contributed by atoms with Crippen molar-refractivity contribution in [3.63, 3.8) is 0 Å². The van der Waals surface area contributed by atoms with E-state index in [-0.39, 0.29) is 12.2 Å². The van der Waals surface area contributed by atoms with Crippen molar-refractivity contribution >= 4 is 10.4 Å². The van der Waals surface area contributed by atoms with Gasteiger partial charge >= 0.3 is 10.4 Å². The minimum Gasteiger partial charge on any atom is -0.242 e. The Bertz CT molecular complexity index is 179. The zero-order valence-corrected chi connectivity index (χ0v) is 6.01. The molecule has 0 spiro atoms. The van der Waals surface area contributed by atoms with E-state index in [0.717, 1.165) is 0 Å². The largest absolute Gasteiger partial charge is 0.400 e. The van der Waals surface area contributed by atoms with Gasteiger partial charge in [0.1, 0.15) is 12.2 Å². The van der Waals surface area contributed by atoms with Crippen LogP contribution in [0.1, 0.15) is 13.8 Å². The zero-order valence-electron chi connectivity index (χ0n) is 5.20. The summed E-state index contributed by atoms with van der Waals surface area (Å²) < 4.78 is 29.6. The van der Waals surface area contributed by atoms with Gasteiger partial charge in [0.25, 0.3) is 0 Å². The van der Waals surface area contributed by atoms with Crippen molar-refractivity contribution in [2.45, 2.75) is 26.1 Å². The van der Waals surface area contributed by atoms with E-state index in [2.05, 4.69) is 8.37 Å². The SMILES string of the molecule is CC1OS(=O)(=O)O[C@H]1C. The third-order valence-electron chi connectivity index (χ3n) is 1.20. The lowest BCUT2D eigenvalue weighted by molar-refractivity contribution is 0.187. The first-order chi connectivity index (χ1) is 4.01. The fourth-order valence-corrected chi connectivity index (χ4v) is 1.65. The van der Waals surface area contributed by atoms with Gasteiger partial charge in [0.15, 0.2) is 0 Å². The number of hydrogen-bond acceptors (Lipinski definition) is 4. The number of rotatable bonds is 0. The summed E-state index contributed by atoms with van der Waals surface area (Å²) in [4.78, 5) is 0. The second-order valence-corrected chi connectivity index (χ2v) is 3.21. The molecule has 1 unspecified atom stereocenters. The summed E-state index contributed by atoms with van der Waals surface area (Å²) >= 11 is 0. The Labute approximate surface area is 54.1 Å². The molecule has 9 heavy (non-hydrogen) atoms. The third kappa shape index (κ3) is 1.41. The van der Waals surface area contributed by atoms with Crippen LogP contribution in [0, 0.1) is 0 Å². The molecule has 1 heterocycles. The molecule has 0 aromatic rings. The molecule has 0 amide bonds. The van der Waals surface area contributed by atoms with Gasteiger partial charge in [-0.25, -0.2) is 8.37 Å². The lowest BCUT2D eigenvalue weighted by Crippen LogP contribution is -2.13. The average molecular weight is 152 g/mol. The molecule has 1 rings (SSSR count). The molecule has 0 radical (unpaired) electrons. The van der Waals surface area contributed by atoms with Crippen LogP contribution in [0.15, 0.2) is 0 Å². The van der Waals surface area contributed by atoms with E-state index >= 15 is 0 Å². The lowest BCUT2D eigenvalue weighted by atomic mass is 10.3. The van der Waals surface area contributed by atoms with E-state index in [1.54, 1.807) is 13.8 Å². The van der Waals surface area contributed by atoms with Gasteiger partial charge in [-0.1, -0.05) is 0 Å². The molecular formula is C4H8O4S. The summed E-state index contributed by atoms with van der Waals surface area (Å²) in [6.45, 7) is 3.30. The summed E-state index contributed by atoms with van der Waals surface area (Å²) in [5.74, 6) is 0. The molecule has 5 heteroatoms. The average Bonchev–Trinajstić information content (AvgIpc) is 1.79. The zero-order chi connectivity index (χ0) is 7.07. The van der Waals surface area contributed by atoms with Gasteiger partial charge in [0.2, 0.25) is 0 Å². The van der Waals surface area contributed by atoms with Crippen molar-refractivity contribution in [2.75, 3.05) is 0 Å². The Morgan fingerprint density at radius 3 is 1.56 bits per heavy atom. The molecule has 1 fully saturated rings. The molecule has 0 bridgehead atoms. The van der Waals surface area contributed by atoms with Gasteiger partial charge in [-0.05, 0) is 13.8 Å². The van der Waals surface area contributed by atoms with Crippen molar-refractivity contribution in [3.8, 4) is 0 Å². The first-order valence-corrected chi connectivity index (χ1v) is 3.96. The second-order valence-electron chi connectivity index (χ2n) is 2.01. The highest BCUT2D eigenvalue weighted by molar-refractivity contribution is 7.82. The summed E-state index contributed by atoms with van der Waals surface area (Å²) in [6.07, 6.45) is -0.704. The summed E-state index contributed by atoms with van der Waals surface area (Å²) in [6, 6.07) is 0. The van der Waals surface area contributed by atoms with E-state index < -0.39 is 10.4 Å². The van der Waals surface area contributed by atoms with Crippen LogP contribution in [0.5, 0.6) is 0 Å². The van der Waals surface area contributed by atoms with Crippen LogP contribution in [0.2, 0.25) is 0 Å². The molecule has 0 N–H and O–H groups in total. The molecule has 0 aliphatic carbocycles. The molecule has 1 aliphatic heterocycles. The Hall–Kier alpha value is -0.130. The van der Waals surface area contributed by atoms with E-state index in [1.807, 2.05) is 0 Å². The molecule has 0 aromatic carbocycles. The maximum atomic E-state index is 10.4. The van der Waals surface area contributed by atoms with Crippen LogP contribution >= 0.6 is 0 Å². The Morgan fingerprint density at radius 2 is 1.44 bits per heavy atom. The van der Waals surface area contributed by atoms with Crippen molar-refractivity contribution in [1.29, 1.82) is 0 Å². The fraction of sp³-hybridized carbons (Fsp3) is 1.00. The van der Waals surface area contributed by atoms with Crippen LogP contribution < -0.4 is 0 Å². The molecule has 0 saturated carbocycles. The van der Waals surface area contributed by atoms with Crippen LogP contribution in [0.4, 0.5) is 0 Å². The summed E-state index contributed by atoms with van der Waals surface area (Å²) in [7, 11) is -3.64. The summed E-state index contributed by atoms with van der Waals surface area (Å²) in [5.41, 5.74) is 0. The predicted molar refractivity (Wildman–Crippen MR) is 30.0 cm³/mol. The molecule has 2 atom stereocenters. The van der Waals surface area contributed by atoms with Crippen LogP contribution in [0.25, 0.3) is 0 Å². The van der Waals surface area contributed by atoms with Gasteiger partial charge < -0.3 is 0 Å². The summed E-state index contributed by atoms with van der Waals surface area (Å²) in [5, 5.41) is 0. The third-order valence-corrected chi connectivity index (χ3v) is 2.28. The van der Waals surface area contributed by atoms with Crippen molar-refractivity contribution in [3.05, 3.63) is 0 Å². The van der Waals surface area contributed by atoms with Crippen LogP contribution in [0.3, 0.4) is 0 Å². The standard InChI is InChI=1S/C4H8O4S/c1-3-4(2)8-9(5,6)7-3/h3-4H,1-2H3/t3-,4?/m0/s1. The maximum absolute atomic E-state index is 10.4. The van der Waals surface area contributed by atoms with Gasteiger partial charge in [-0.15, -0.1) is 0 Å². The predicted octanol–water partition coefficient (Wildman–Crippen LogP) is 0.0550. The van der Waals surface area contributed by atoms with E-state index in [9.17, 15) is 8.42 Å². The van der Waals surface area contributed by atoms with Gasteiger partial charge in [-0.2, -0.15) is 8.42 Å². The maximum Gasteiger partial charge on any atom is 0.400 e. The van der Waals surface area contributed by atoms with E-state index in [4.69, 9.17) is 0 Å². The highest BCUT2D eigenvalue weighted by Gasteiger charge is 2.33. The first-order valence-electron chi connectivity index (χ1n) is 2.63. The van der Waals surface area contributed by atoms with Gasteiger partial charge in [0, 0.05) is 0 Å². The van der Waals surface area contributed by atoms with Gasteiger partial charge in [0.05, 0.1) is 0 Å². The molecule has 54 valence electrons. The Balaban J connectivity index is 2.77. The van der Waals surface area contributed by atoms with Gasteiger partial charge in [-0.3, -0.25) is 0 Å². The van der Waals surface area contributed by atoms with Crippen molar-refractivity contribution in [1.82, 2.24) is 0 Å². The topological polar surface area (TPSA) is 52.6 Å². The first kappa shape index (κ1) is 6.98. The highest BCUT2D eigenvalue weighted by Crippen LogP contribution is 2.18. The van der Waals surface area contributed by atoms with E-state index in [0.29, 0.717) is 0 Å². The normalized spacial score (nSPS) is 41.1. The minimum absolute atomic E-state index is 0.352. The van der Waals surface area contributed by atoms with Crippen LogP contribution in [-0.4, -0.2) is 20.6 Å². The molecule has 0 aromatic heterocycles.